The van der Waals surface area contributed by atoms with E-state index in [1.165, 1.54) is 27.1 Å². The number of benzene rings is 2. The van der Waals surface area contributed by atoms with E-state index in [2.05, 4.69) is 48.4 Å². The zero-order valence-electron chi connectivity index (χ0n) is 16.2. The van der Waals surface area contributed by atoms with Crippen molar-refractivity contribution < 1.29 is 14.2 Å². The zero-order valence-corrected chi connectivity index (χ0v) is 17.1. The van der Waals surface area contributed by atoms with Crippen molar-refractivity contribution in [2.75, 3.05) is 21.3 Å². The van der Waals surface area contributed by atoms with Gasteiger partial charge >= 0.3 is 0 Å². The summed E-state index contributed by atoms with van der Waals surface area (Å²) in [4.78, 5) is 1.29. The van der Waals surface area contributed by atoms with Gasteiger partial charge in [0.2, 0.25) is 5.75 Å². The van der Waals surface area contributed by atoms with Gasteiger partial charge in [-0.1, -0.05) is 30.9 Å². The highest BCUT2D eigenvalue weighted by molar-refractivity contribution is 7.13. The number of hydrogen-bond acceptors (Lipinski definition) is 4. The third kappa shape index (κ3) is 3.20. The summed E-state index contributed by atoms with van der Waals surface area (Å²) in [5.41, 5.74) is 7.06. The standard InChI is InChI=1S/C24H22O3S/c1-15-18(10-16-11-21(25-2)24(27-4)22(12-16)26-3)14-19-13-17(7-8-20(15)19)23-6-5-9-28-23/h5-13H,1,14H2,2-4H3/b18-10+. The average Bonchev–Trinajstić information content (AvgIpc) is 3.36. The zero-order chi connectivity index (χ0) is 19.7. The van der Waals surface area contributed by atoms with Crippen LogP contribution >= 0.6 is 11.3 Å². The molecule has 0 bridgehead atoms. The first kappa shape index (κ1) is 18.4. The molecule has 1 heterocycles. The minimum atomic E-state index is 0.598. The van der Waals surface area contributed by atoms with Gasteiger partial charge in [-0.15, -0.1) is 11.3 Å². The molecule has 0 atom stereocenters. The molecule has 0 unspecified atom stereocenters. The molecule has 28 heavy (non-hydrogen) atoms. The van der Waals surface area contributed by atoms with Crippen LogP contribution in [0.1, 0.15) is 16.7 Å². The van der Waals surface area contributed by atoms with Gasteiger partial charge in [0.05, 0.1) is 21.3 Å². The van der Waals surface area contributed by atoms with Crippen molar-refractivity contribution >= 4 is 23.0 Å². The molecule has 0 aliphatic heterocycles. The first-order valence-electron chi connectivity index (χ1n) is 9.01. The second kappa shape index (κ2) is 7.56. The molecule has 4 rings (SSSR count). The van der Waals surface area contributed by atoms with E-state index in [9.17, 15) is 0 Å². The fraction of sp³-hybridized carbons (Fsp3) is 0.167. The summed E-state index contributed by atoms with van der Waals surface area (Å²) >= 11 is 1.76. The van der Waals surface area contributed by atoms with E-state index in [1.54, 1.807) is 32.7 Å². The Hall–Kier alpha value is -2.98. The Labute approximate surface area is 169 Å². The smallest absolute Gasteiger partial charge is 0.203 e. The molecule has 1 aliphatic rings. The minimum absolute atomic E-state index is 0.598. The number of fused-ring (bicyclic) bond motifs is 1. The molecule has 142 valence electrons. The minimum Gasteiger partial charge on any atom is -0.493 e. The predicted molar refractivity (Wildman–Crippen MR) is 117 cm³/mol. The van der Waals surface area contributed by atoms with E-state index in [4.69, 9.17) is 14.2 Å². The van der Waals surface area contributed by atoms with Crippen LogP contribution in [0, 0.1) is 0 Å². The van der Waals surface area contributed by atoms with Crippen LogP contribution in [0.15, 0.2) is 60.0 Å². The van der Waals surface area contributed by atoms with Gasteiger partial charge in [-0.2, -0.15) is 0 Å². The Kier molecular flexibility index (Phi) is 4.97. The summed E-state index contributed by atoms with van der Waals surface area (Å²) in [6, 6.07) is 14.8. The quantitative estimate of drug-likeness (QED) is 0.527. The average molecular weight is 391 g/mol. The van der Waals surface area contributed by atoms with Crippen LogP contribution in [-0.2, 0) is 6.42 Å². The van der Waals surface area contributed by atoms with Crippen molar-refractivity contribution in [2.24, 2.45) is 0 Å². The van der Waals surface area contributed by atoms with Crippen LogP contribution < -0.4 is 14.2 Å². The van der Waals surface area contributed by atoms with Gasteiger partial charge in [-0.25, -0.2) is 0 Å². The Morgan fingerprint density at radius 1 is 0.964 bits per heavy atom. The van der Waals surface area contributed by atoms with Gasteiger partial charge in [-0.05, 0) is 69.5 Å². The van der Waals surface area contributed by atoms with E-state index < -0.39 is 0 Å². The number of allylic oxidation sites excluding steroid dienone is 2. The monoisotopic (exact) mass is 390 g/mol. The van der Waals surface area contributed by atoms with Crippen molar-refractivity contribution in [1.82, 2.24) is 0 Å². The van der Waals surface area contributed by atoms with Gasteiger partial charge in [-0.3, -0.25) is 0 Å². The molecule has 0 N–H and O–H groups in total. The topological polar surface area (TPSA) is 27.7 Å². The summed E-state index contributed by atoms with van der Waals surface area (Å²) in [5, 5.41) is 2.11. The lowest BCUT2D eigenvalue weighted by Gasteiger charge is -2.13. The van der Waals surface area contributed by atoms with Crippen LogP contribution in [0.25, 0.3) is 22.1 Å². The maximum absolute atomic E-state index is 5.47. The van der Waals surface area contributed by atoms with Gasteiger partial charge in [0.15, 0.2) is 11.5 Å². The molecule has 4 heteroatoms. The molecule has 0 saturated carbocycles. The fourth-order valence-electron chi connectivity index (χ4n) is 3.64. The number of rotatable bonds is 5. The molecular formula is C24H22O3S. The van der Waals surface area contributed by atoms with Crippen LogP contribution in [0.4, 0.5) is 0 Å². The van der Waals surface area contributed by atoms with Crippen LogP contribution in [0.2, 0.25) is 0 Å². The lowest BCUT2D eigenvalue weighted by atomic mass is 10.0. The van der Waals surface area contributed by atoms with E-state index in [0.29, 0.717) is 17.2 Å². The Balaban J connectivity index is 1.70. The van der Waals surface area contributed by atoms with E-state index in [1.807, 2.05) is 12.1 Å². The van der Waals surface area contributed by atoms with Gasteiger partial charge in [0.25, 0.3) is 0 Å². The van der Waals surface area contributed by atoms with E-state index in [0.717, 1.165) is 17.6 Å². The lowest BCUT2D eigenvalue weighted by Crippen LogP contribution is -1.95. The van der Waals surface area contributed by atoms with Crippen molar-refractivity contribution in [1.29, 1.82) is 0 Å². The molecular weight excluding hydrogens is 368 g/mol. The van der Waals surface area contributed by atoms with Crippen molar-refractivity contribution in [2.45, 2.75) is 6.42 Å². The molecule has 0 amide bonds. The number of thiophene rings is 1. The van der Waals surface area contributed by atoms with Crippen LogP contribution in [0.5, 0.6) is 17.2 Å². The summed E-state index contributed by atoms with van der Waals surface area (Å²) in [6.45, 7) is 4.33. The van der Waals surface area contributed by atoms with Crippen molar-refractivity contribution in [3.8, 4) is 27.7 Å². The highest BCUT2D eigenvalue weighted by atomic mass is 32.1. The number of ether oxygens (including phenoxy) is 3. The molecule has 1 aliphatic carbocycles. The fourth-order valence-corrected chi connectivity index (χ4v) is 4.36. The summed E-state index contributed by atoms with van der Waals surface area (Å²) in [7, 11) is 4.87. The van der Waals surface area contributed by atoms with E-state index in [-0.39, 0.29) is 0 Å². The van der Waals surface area contributed by atoms with E-state index >= 15 is 0 Å². The second-order valence-corrected chi connectivity index (χ2v) is 7.58. The second-order valence-electron chi connectivity index (χ2n) is 6.63. The van der Waals surface area contributed by atoms with Crippen LogP contribution in [0.3, 0.4) is 0 Å². The molecule has 2 aromatic carbocycles. The summed E-state index contributed by atoms with van der Waals surface area (Å²) in [6.07, 6.45) is 3.02. The van der Waals surface area contributed by atoms with Gasteiger partial charge in [0, 0.05) is 4.88 Å². The Morgan fingerprint density at radius 3 is 2.32 bits per heavy atom. The molecule has 0 spiro atoms. The maximum atomic E-state index is 5.47. The third-order valence-electron chi connectivity index (χ3n) is 5.03. The highest BCUT2D eigenvalue weighted by Crippen LogP contribution is 2.42. The Morgan fingerprint density at radius 2 is 1.71 bits per heavy atom. The molecule has 0 fully saturated rings. The molecule has 1 aromatic heterocycles. The first-order valence-corrected chi connectivity index (χ1v) is 9.89. The highest BCUT2D eigenvalue weighted by Gasteiger charge is 2.21. The first-order chi connectivity index (χ1) is 13.6. The summed E-state index contributed by atoms with van der Waals surface area (Å²) < 4.78 is 16.4. The Bertz CT molecular complexity index is 1040. The molecule has 3 nitrogen and oxygen atoms in total. The molecule has 0 saturated heterocycles. The largest absolute Gasteiger partial charge is 0.493 e. The van der Waals surface area contributed by atoms with Crippen LogP contribution in [-0.4, -0.2) is 21.3 Å². The maximum Gasteiger partial charge on any atom is 0.203 e. The third-order valence-corrected chi connectivity index (χ3v) is 5.95. The van der Waals surface area contributed by atoms with Crippen molar-refractivity contribution in [3.63, 3.8) is 0 Å². The molecule has 0 radical (unpaired) electrons. The van der Waals surface area contributed by atoms with Crippen molar-refractivity contribution in [3.05, 3.63) is 76.7 Å². The lowest BCUT2D eigenvalue weighted by molar-refractivity contribution is 0.324. The molecule has 3 aromatic rings. The number of methoxy groups -OCH3 is 3. The SMILES string of the molecule is C=C1/C(=C/c2cc(OC)c(OC)c(OC)c2)Cc2cc(-c3cccs3)ccc21. The predicted octanol–water partition coefficient (Wildman–Crippen LogP) is 6.09. The summed E-state index contributed by atoms with van der Waals surface area (Å²) in [5.74, 6) is 1.89. The normalized spacial score (nSPS) is 14.2. The van der Waals surface area contributed by atoms with Gasteiger partial charge < -0.3 is 14.2 Å². The van der Waals surface area contributed by atoms with Gasteiger partial charge in [0.1, 0.15) is 0 Å². The number of hydrogen-bond donors (Lipinski definition) is 0.